The lowest BCUT2D eigenvalue weighted by atomic mass is 10.2. The van der Waals surface area contributed by atoms with Gasteiger partial charge in [-0.15, -0.1) is 0 Å². The first kappa shape index (κ1) is 16.5. The molecular formula is C13H11BrCl2N2O2S. The molecule has 1 N–H and O–H groups in total. The normalized spacial score (nSPS) is 11.5. The number of benzene rings is 1. The van der Waals surface area contributed by atoms with Crippen LogP contribution in [0, 0.1) is 13.8 Å². The highest BCUT2D eigenvalue weighted by molar-refractivity contribution is 9.10. The number of pyridine rings is 1. The molecule has 0 saturated carbocycles. The minimum absolute atomic E-state index is 0.00630. The molecule has 2 rings (SSSR count). The minimum Gasteiger partial charge on any atom is -0.276 e. The standard InChI is InChI=1S/C13H11BrCl2N2O2S/c1-7-3-4-10(9(14)5-7)21(19,20)18-12-8(2)6-11(15)17-13(12)16/h3-6,18H,1-2H3. The lowest BCUT2D eigenvalue weighted by Gasteiger charge is -2.13. The second-order valence-corrected chi connectivity index (χ2v) is 7.72. The van der Waals surface area contributed by atoms with Crippen molar-refractivity contribution < 1.29 is 8.42 Å². The molecule has 0 unspecified atom stereocenters. The van der Waals surface area contributed by atoms with Gasteiger partial charge < -0.3 is 0 Å². The first-order chi connectivity index (χ1) is 9.70. The van der Waals surface area contributed by atoms with Gasteiger partial charge >= 0.3 is 0 Å². The van der Waals surface area contributed by atoms with Crippen molar-refractivity contribution in [3.8, 4) is 0 Å². The molecular weight excluding hydrogens is 399 g/mol. The first-order valence-corrected chi connectivity index (χ1v) is 8.85. The van der Waals surface area contributed by atoms with Gasteiger partial charge in [0.25, 0.3) is 10.0 Å². The molecule has 0 aliphatic carbocycles. The number of sulfonamides is 1. The minimum atomic E-state index is -3.78. The van der Waals surface area contributed by atoms with Crippen LogP contribution in [0.4, 0.5) is 5.69 Å². The Morgan fingerprint density at radius 3 is 2.43 bits per heavy atom. The van der Waals surface area contributed by atoms with E-state index in [0.29, 0.717) is 10.0 Å². The Bertz CT molecular complexity index is 787. The third-order valence-corrected chi connectivity index (χ3v) is 5.55. The molecule has 0 atom stereocenters. The van der Waals surface area contributed by atoms with Crippen LogP contribution in [0.5, 0.6) is 0 Å². The van der Waals surface area contributed by atoms with Crippen LogP contribution in [0.2, 0.25) is 10.3 Å². The highest BCUT2D eigenvalue weighted by Crippen LogP contribution is 2.30. The van der Waals surface area contributed by atoms with E-state index >= 15 is 0 Å². The van der Waals surface area contributed by atoms with E-state index in [9.17, 15) is 8.42 Å². The summed E-state index contributed by atoms with van der Waals surface area (Å²) in [4.78, 5) is 3.96. The van der Waals surface area contributed by atoms with Crippen LogP contribution in [-0.2, 0) is 10.0 Å². The molecule has 0 spiro atoms. The zero-order valence-corrected chi connectivity index (χ0v) is 15.0. The number of nitrogens with zero attached hydrogens (tertiary/aromatic N) is 1. The van der Waals surface area contributed by atoms with E-state index in [2.05, 4.69) is 25.6 Å². The number of anilines is 1. The highest BCUT2D eigenvalue weighted by atomic mass is 79.9. The average Bonchev–Trinajstić information content (AvgIpc) is 2.33. The Kier molecular flexibility index (Phi) is 4.82. The maximum atomic E-state index is 12.5. The van der Waals surface area contributed by atoms with Crippen LogP contribution in [0.1, 0.15) is 11.1 Å². The number of hydrogen-bond donors (Lipinski definition) is 1. The van der Waals surface area contributed by atoms with E-state index < -0.39 is 10.0 Å². The van der Waals surface area contributed by atoms with Crippen LogP contribution in [-0.4, -0.2) is 13.4 Å². The van der Waals surface area contributed by atoms with Gasteiger partial charge in [0.15, 0.2) is 5.15 Å². The molecule has 4 nitrogen and oxygen atoms in total. The van der Waals surface area contributed by atoms with E-state index in [4.69, 9.17) is 23.2 Å². The fourth-order valence-electron chi connectivity index (χ4n) is 1.73. The number of halogens is 3. The van der Waals surface area contributed by atoms with E-state index in [0.717, 1.165) is 5.56 Å². The van der Waals surface area contributed by atoms with Gasteiger partial charge in [-0.3, -0.25) is 4.72 Å². The van der Waals surface area contributed by atoms with E-state index in [1.807, 2.05) is 6.92 Å². The van der Waals surface area contributed by atoms with Gasteiger partial charge in [-0.1, -0.05) is 29.3 Å². The van der Waals surface area contributed by atoms with E-state index in [1.165, 1.54) is 12.1 Å². The maximum Gasteiger partial charge on any atom is 0.263 e. The molecule has 1 heterocycles. The van der Waals surface area contributed by atoms with Crippen LogP contribution in [0.25, 0.3) is 0 Å². The molecule has 1 aromatic carbocycles. The topological polar surface area (TPSA) is 59.1 Å². The smallest absolute Gasteiger partial charge is 0.263 e. The summed E-state index contributed by atoms with van der Waals surface area (Å²) in [6, 6.07) is 6.50. The van der Waals surface area contributed by atoms with Crippen molar-refractivity contribution in [3.63, 3.8) is 0 Å². The summed E-state index contributed by atoms with van der Waals surface area (Å²) >= 11 is 15.0. The molecule has 1 aromatic heterocycles. The van der Waals surface area contributed by atoms with Crippen LogP contribution >= 0.6 is 39.1 Å². The SMILES string of the molecule is Cc1ccc(S(=O)(=O)Nc2c(C)cc(Cl)nc2Cl)c(Br)c1. The van der Waals surface area contributed by atoms with Crippen molar-refractivity contribution in [2.24, 2.45) is 0 Å². The number of aromatic nitrogens is 1. The Morgan fingerprint density at radius 2 is 1.86 bits per heavy atom. The lowest BCUT2D eigenvalue weighted by molar-refractivity contribution is 0.600. The summed E-state index contributed by atoms with van der Waals surface area (Å²) < 4.78 is 27.9. The van der Waals surface area contributed by atoms with Gasteiger partial charge in [0.05, 0.1) is 5.69 Å². The van der Waals surface area contributed by atoms with Crippen LogP contribution in [0.15, 0.2) is 33.6 Å². The molecule has 0 fully saturated rings. The predicted molar refractivity (Wildman–Crippen MR) is 88.7 cm³/mol. The number of aryl methyl sites for hydroxylation is 2. The molecule has 0 aliphatic rings. The fraction of sp³-hybridized carbons (Fsp3) is 0.154. The molecule has 0 saturated heterocycles. The second kappa shape index (κ2) is 6.12. The fourth-order valence-corrected chi connectivity index (χ4v) is 4.70. The summed E-state index contributed by atoms with van der Waals surface area (Å²) in [6.07, 6.45) is 0. The highest BCUT2D eigenvalue weighted by Gasteiger charge is 2.20. The van der Waals surface area contributed by atoms with Crippen LogP contribution < -0.4 is 4.72 Å². The molecule has 0 bridgehead atoms. The maximum absolute atomic E-state index is 12.5. The van der Waals surface area contributed by atoms with Crippen molar-refractivity contribution >= 4 is 54.8 Å². The zero-order chi connectivity index (χ0) is 15.8. The third kappa shape index (κ3) is 3.69. The first-order valence-electron chi connectivity index (χ1n) is 5.82. The van der Waals surface area contributed by atoms with Gasteiger partial charge in [0.1, 0.15) is 10.0 Å². The molecule has 0 aliphatic heterocycles. The summed E-state index contributed by atoms with van der Waals surface area (Å²) in [5, 5.41) is 0.212. The van der Waals surface area contributed by atoms with Crippen molar-refractivity contribution in [2.45, 2.75) is 18.7 Å². The second-order valence-electron chi connectivity index (χ2n) is 4.47. The van der Waals surface area contributed by atoms with Gasteiger partial charge in [-0.05, 0) is 59.1 Å². The molecule has 0 radical (unpaired) electrons. The monoisotopic (exact) mass is 408 g/mol. The Hall–Kier alpha value is -0.820. The number of rotatable bonds is 3. The zero-order valence-electron chi connectivity index (χ0n) is 11.1. The molecule has 112 valence electrons. The van der Waals surface area contributed by atoms with Gasteiger partial charge in [0, 0.05) is 4.47 Å². The van der Waals surface area contributed by atoms with Crippen molar-refractivity contribution in [1.29, 1.82) is 0 Å². The molecule has 0 amide bonds. The summed E-state index contributed by atoms with van der Waals surface area (Å²) in [5.41, 5.74) is 1.75. The Labute approximate surface area is 141 Å². The largest absolute Gasteiger partial charge is 0.276 e. The quantitative estimate of drug-likeness (QED) is 0.755. The third-order valence-electron chi connectivity index (χ3n) is 2.75. The summed E-state index contributed by atoms with van der Waals surface area (Å²) in [7, 11) is -3.78. The van der Waals surface area contributed by atoms with E-state index in [-0.39, 0.29) is 20.9 Å². The number of hydrogen-bond acceptors (Lipinski definition) is 3. The van der Waals surface area contributed by atoms with Crippen molar-refractivity contribution in [3.05, 3.63) is 50.2 Å². The van der Waals surface area contributed by atoms with Gasteiger partial charge in [-0.2, -0.15) is 0 Å². The van der Waals surface area contributed by atoms with Crippen LogP contribution in [0.3, 0.4) is 0 Å². The Balaban J connectivity index is 2.47. The predicted octanol–water partition coefficient (Wildman–Crippen LogP) is 4.57. The van der Waals surface area contributed by atoms with Crippen molar-refractivity contribution in [1.82, 2.24) is 4.98 Å². The molecule has 21 heavy (non-hydrogen) atoms. The van der Waals surface area contributed by atoms with Crippen molar-refractivity contribution in [2.75, 3.05) is 4.72 Å². The summed E-state index contributed by atoms with van der Waals surface area (Å²) in [5.74, 6) is 0. The Morgan fingerprint density at radius 1 is 1.19 bits per heavy atom. The summed E-state index contributed by atoms with van der Waals surface area (Å²) in [6.45, 7) is 3.57. The lowest BCUT2D eigenvalue weighted by Crippen LogP contribution is -2.15. The van der Waals surface area contributed by atoms with Gasteiger partial charge in [0.2, 0.25) is 0 Å². The number of nitrogens with one attached hydrogen (secondary N) is 1. The van der Waals surface area contributed by atoms with E-state index in [1.54, 1.807) is 19.1 Å². The van der Waals surface area contributed by atoms with Gasteiger partial charge in [-0.25, -0.2) is 13.4 Å². The molecule has 2 aromatic rings. The molecule has 8 heteroatoms. The average molecular weight is 410 g/mol.